The van der Waals surface area contributed by atoms with Gasteiger partial charge in [-0.2, -0.15) is 0 Å². The summed E-state index contributed by atoms with van der Waals surface area (Å²) < 4.78 is 10.4. The third kappa shape index (κ3) is 9.72. The molecule has 0 amide bonds. The average molecular weight is 320 g/mol. The first-order chi connectivity index (χ1) is 11.1. The molecule has 128 valence electrons. The Labute approximate surface area is 139 Å². The third-order valence-electron chi connectivity index (χ3n) is 3.51. The van der Waals surface area contributed by atoms with Crippen LogP contribution in [-0.2, 0) is 25.7 Å². The van der Waals surface area contributed by atoms with Crippen molar-refractivity contribution < 1.29 is 19.1 Å². The van der Waals surface area contributed by atoms with E-state index < -0.39 is 6.10 Å². The van der Waals surface area contributed by atoms with E-state index in [0.29, 0.717) is 6.42 Å². The lowest BCUT2D eigenvalue weighted by Crippen LogP contribution is -2.19. The van der Waals surface area contributed by atoms with Crippen LogP contribution in [0.1, 0.15) is 64.4 Å². The molecular weight excluding hydrogens is 292 g/mol. The summed E-state index contributed by atoms with van der Waals surface area (Å²) >= 11 is 0. The van der Waals surface area contributed by atoms with Crippen molar-refractivity contribution in [2.24, 2.45) is 0 Å². The number of unbranched alkanes of at least 4 members (excludes halogenated alkanes) is 4. The molecule has 1 aromatic rings. The quantitative estimate of drug-likeness (QED) is 0.447. The van der Waals surface area contributed by atoms with Crippen LogP contribution in [0.2, 0.25) is 0 Å². The maximum Gasteiger partial charge on any atom is 0.309 e. The minimum absolute atomic E-state index is 0.0917. The second-order valence-corrected chi connectivity index (χ2v) is 5.82. The van der Waals surface area contributed by atoms with Crippen molar-refractivity contribution >= 4 is 11.9 Å². The molecule has 0 aromatic heterocycles. The second-order valence-electron chi connectivity index (χ2n) is 5.82. The Morgan fingerprint density at radius 1 is 1.00 bits per heavy atom. The molecule has 1 unspecified atom stereocenters. The summed E-state index contributed by atoms with van der Waals surface area (Å²) in [4.78, 5) is 23.4. The van der Waals surface area contributed by atoms with Crippen LogP contribution >= 0.6 is 0 Å². The molecule has 23 heavy (non-hydrogen) atoms. The Morgan fingerprint density at radius 2 is 1.70 bits per heavy atom. The van der Waals surface area contributed by atoms with E-state index in [-0.39, 0.29) is 25.0 Å². The zero-order valence-electron chi connectivity index (χ0n) is 14.3. The lowest BCUT2D eigenvalue weighted by molar-refractivity contribution is -0.154. The first kappa shape index (κ1) is 19.2. The lowest BCUT2D eigenvalue weighted by Gasteiger charge is -2.13. The van der Waals surface area contributed by atoms with E-state index in [1.807, 2.05) is 30.3 Å². The fraction of sp³-hybridized carbons (Fsp3) is 0.579. The summed E-state index contributed by atoms with van der Waals surface area (Å²) in [5, 5.41) is 0. The molecule has 0 aliphatic heterocycles. The molecule has 1 aromatic carbocycles. The van der Waals surface area contributed by atoms with Crippen LogP contribution in [-0.4, -0.2) is 18.0 Å². The zero-order chi connectivity index (χ0) is 16.9. The van der Waals surface area contributed by atoms with Gasteiger partial charge in [-0.25, -0.2) is 0 Å². The van der Waals surface area contributed by atoms with Crippen molar-refractivity contribution in [3.8, 4) is 0 Å². The van der Waals surface area contributed by atoms with E-state index in [1.165, 1.54) is 12.8 Å². The molecule has 1 rings (SSSR count). The van der Waals surface area contributed by atoms with Gasteiger partial charge in [-0.1, -0.05) is 62.9 Å². The highest BCUT2D eigenvalue weighted by Crippen LogP contribution is 2.09. The van der Waals surface area contributed by atoms with Crippen molar-refractivity contribution in [3.63, 3.8) is 0 Å². The number of hydrogen-bond acceptors (Lipinski definition) is 4. The van der Waals surface area contributed by atoms with Crippen LogP contribution in [0.5, 0.6) is 0 Å². The summed E-state index contributed by atoms with van der Waals surface area (Å²) in [6.45, 7) is 4.13. The normalized spacial score (nSPS) is 11.7. The first-order valence-electron chi connectivity index (χ1n) is 8.50. The maximum atomic E-state index is 11.7. The topological polar surface area (TPSA) is 52.6 Å². The van der Waals surface area contributed by atoms with Crippen molar-refractivity contribution in [3.05, 3.63) is 35.9 Å². The summed E-state index contributed by atoms with van der Waals surface area (Å²) in [7, 11) is 0. The van der Waals surface area contributed by atoms with Gasteiger partial charge >= 0.3 is 11.9 Å². The highest BCUT2D eigenvalue weighted by Gasteiger charge is 2.14. The maximum absolute atomic E-state index is 11.7. The van der Waals surface area contributed by atoms with Gasteiger partial charge in [0.1, 0.15) is 12.7 Å². The molecule has 0 N–H and O–H groups in total. The molecular formula is C19H28O4. The van der Waals surface area contributed by atoms with E-state index in [4.69, 9.17) is 9.47 Å². The Kier molecular flexibility index (Phi) is 9.76. The van der Waals surface area contributed by atoms with E-state index in [0.717, 1.165) is 24.8 Å². The summed E-state index contributed by atoms with van der Waals surface area (Å²) in [5.41, 5.74) is 0.942. The van der Waals surface area contributed by atoms with Gasteiger partial charge in [0, 0.05) is 6.42 Å². The van der Waals surface area contributed by atoms with E-state index in [9.17, 15) is 9.59 Å². The Balaban J connectivity index is 2.13. The van der Waals surface area contributed by atoms with Gasteiger partial charge in [-0.3, -0.25) is 9.59 Å². The molecule has 0 radical (unpaired) electrons. The molecule has 0 spiro atoms. The highest BCUT2D eigenvalue weighted by molar-refractivity contribution is 5.72. The summed E-state index contributed by atoms with van der Waals surface area (Å²) in [6, 6.07) is 9.50. The predicted molar refractivity (Wildman–Crippen MR) is 89.8 cm³/mol. The van der Waals surface area contributed by atoms with E-state index >= 15 is 0 Å². The smallest absolute Gasteiger partial charge is 0.309 e. The highest BCUT2D eigenvalue weighted by atomic mass is 16.6. The van der Waals surface area contributed by atoms with E-state index in [2.05, 4.69) is 6.92 Å². The number of benzene rings is 1. The lowest BCUT2D eigenvalue weighted by atomic mass is 10.1. The number of hydrogen-bond donors (Lipinski definition) is 0. The molecule has 4 heteroatoms. The summed E-state index contributed by atoms with van der Waals surface area (Å²) in [6.07, 6.45) is 5.53. The summed E-state index contributed by atoms with van der Waals surface area (Å²) in [5.74, 6) is -0.582. The third-order valence-corrected chi connectivity index (χ3v) is 3.51. The number of ether oxygens (including phenoxy) is 2. The van der Waals surface area contributed by atoms with Crippen LogP contribution < -0.4 is 0 Å². The zero-order valence-corrected chi connectivity index (χ0v) is 14.3. The Hall–Kier alpha value is -1.84. The van der Waals surface area contributed by atoms with Crippen molar-refractivity contribution in [2.45, 2.75) is 71.5 Å². The molecule has 1 atom stereocenters. The predicted octanol–water partition coefficient (Wildman–Crippen LogP) is 4.41. The molecule has 0 saturated heterocycles. The van der Waals surface area contributed by atoms with E-state index in [1.54, 1.807) is 6.92 Å². The van der Waals surface area contributed by atoms with Gasteiger partial charge < -0.3 is 9.47 Å². The molecule has 0 aliphatic carbocycles. The molecule has 4 nitrogen and oxygen atoms in total. The minimum atomic E-state index is -0.443. The van der Waals surface area contributed by atoms with Gasteiger partial charge in [0.05, 0.1) is 6.42 Å². The molecule has 0 saturated carbocycles. The average Bonchev–Trinajstić information content (AvgIpc) is 2.53. The van der Waals surface area contributed by atoms with Crippen LogP contribution in [0.4, 0.5) is 0 Å². The number of esters is 2. The van der Waals surface area contributed by atoms with Crippen LogP contribution in [0, 0.1) is 0 Å². The van der Waals surface area contributed by atoms with Crippen molar-refractivity contribution in [2.75, 3.05) is 0 Å². The van der Waals surface area contributed by atoms with Crippen molar-refractivity contribution in [1.29, 1.82) is 0 Å². The SMILES string of the molecule is CCCCCCCC(=O)OC(C)CC(=O)OCc1ccccc1. The largest absolute Gasteiger partial charge is 0.462 e. The standard InChI is InChI=1S/C19H28O4/c1-3-4-5-6-10-13-18(20)23-16(2)14-19(21)22-15-17-11-8-7-9-12-17/h7-9,11-12,16H,3-6,10,13-15H2,1-2H3. The molecule has 0 heterocycles. The second kappa shape index (κ2) is 11.7. The number of rotatable bonds is 11. The molecule has 0 aliphatic rings. The van der Waals surface area contributed by atoms with Crippen LogP contribution in [0.15, 0.2) is 30.3 Å². The first-order valence-corrected chi connectivity index (χ1v) is 8.50. The van der Waals surface area contributed by atoms with Gasteiger partial charge in [-0.05, 0) is 18.9 Å². The van der Waals surface area contributed by atoms with Gasteiger partial charge in [0.25, 0.3) is 0 Å². The van der Waals surface area contributed by atoms with Gasteiger partial charge in [0.15, 0.2) is 0 Å². The Morgan fingerprint density at radius 3 is 2.39 bits per heavy atom. The molecule has 0 bridgehead atoms. The fourth-order valence-corrected chi connectivity index (χ4v) is 2.23. The van der Waals surface area contributed by atoms with Gasteiger partial charge in [-0.15, -0.1) is 0 Å². The number of carbonyl (C=O) groups excluding carboxylic acids is 2. The van der Waals surface area contributed by atoms with Crippen LogP contribution in [0.25, 0.3) is 0 Å². The monoisotopic (exact) mass is 320 g/mol. The Bertz CT molecular complexity index is 456. The van der Waals surface area contributed by atoms with Crippen LogP contribution in [0.3, 0.4) is 0 Å². The molecule has 0 fully saturated rings. The minimum Gasteiger partial charge on any atom is -0.462 e. The van der Waals surface area contributed by atoms with Gasteiger partial charge in [0.2, 0.25) is 0 Å². The fourth-order valence-electron chi connectivity index (χ4n) is 2.23. The number of carbonyl (C=O) groups is 2. The van der Waals surface area contributed by atoms with Crippen molar-refractivity contribution in [1.82, 2.24) is 0 Å².